The fourth-order valence-electron chi connectivity index (χ4n) is 2.67. The summed E-state index contributed by atoms with van der Waals surface area (Å²) in [4.78, 5) is 35.1. The Balaban J connectivity index is 1.79. The van der Waals surface area contributed by atoms with Crippen molar-refractivity contribution in [2.75, 3.05) is 13.4 Å². The minimum atomic E-state index is -0.978. The van der Waals surface area contributed by atoms with Gasteiger partial charge in [0.1, 0.15) is 5.56 Å². The van der Waals surface area contributed by atoms with E-state index in [2.05, 4.69) is 0 Å². The molecule has 3 rings (SSSR count). The molecule has 9 nitrogen and oxygen atoms in total. The van der Waals surface area contributed by atoms with E-state index >= 15 is 0 Å². The lowest BCUT2D eigenvalue weighted by atomic mass is 10.1. The zero-order valence-electron chi connectivity index (χ0n) is 14.4. The largest absolute Gasteiger partial charge is 0.454 e. The summed E-state index contributed by atoms with van der Waals surface area (Å²) >= 11 is 0. The first kappa shape index (κ1) is 17.5. The smallest absolute Gasteiger partial charge is 0.345 e. The molecule has 0 aliphatic carbocycles. The second kappa shape index (κ2) is 6.51. The molecule has 26 heavy (non-hydrogen) atoms. The lowest BCUT2D eigenvalue weighted by molar-refractivity contribution is -0.385. The summed E-state index contributed by atoms with van der Waals surface area (Å²) in [7, 11) is 1.82. The SMILES string of the molecule is Cc1cc(C(=O)COC(=O)c2cc3c(cc2[N+](=O)[O-])OCO3)c(C)n1C. The monoisotopic (exact) mass is 360 g/mol. The van der Waals surface area contributed by atoms with E-state index in [0.29, 0.717) is 5.56 Å². The molecule has 0 amide bonds. The molecule has 1 aromatic heterocycles. The highest BCUT2D eigenvalue weighted by Gasteiger charge is 2.28. The summed E-state index contributed by atoms with van der Waals surface area (Å²) in [6.45, 7) is 3.03. The van der Waals surface area contributed by atoms with Crippen LogP contribution in [0.25, 0.3) is 0 Å². The van der Waals surface area contributed by atoms with Gasteiger partial charge < -0.3 is 18.8 Å². The van der Waals surface area contributed by atoms with Crippen LogP contribution in [0.3, 0.4) is 0 Å². The van der Waals surface area contributed by atoms with Gasteiger partial charge in [0.05, 0.1) is 11.0 Å². The summed E-state index contributed by atoms with van der Waals surface area (Å²) < 4.78 is 17.0. The van der Waals surface area contributed by atoms with Crippen LogP contribution in [0.15, 0.2) is 18.2 Å². The molecule has 0 saturated heterocycles. The van der Waals surface area contributed by atoms with Crippen molar-refractivity contribution in [2.24, 2.45) is 7.05 Å². The Morgan fingerprint density at radius 2 is 1.85 bits per heavy atom. The molecule has 9 heteroatoms. The Kier molecular flexibility index (Phi) is 4.37. The third-order valence-electron chi connectivity index (χ3n) is 4.32. The first-order valence-electron chi connectivity index (χ1n) is 7.71. The van der Waals surface area contributed by atoms with E-state index < -0.39 is 23.2 Å². The molecule has 0 unspecified atom stereocenters. The van der Waals surface area contributed by atoms with Crippen LogP contribution in [-0.4, -0.2) is 34.6 Å². The number of hydrogen-bond donors (Lipinski definition) is 0. The first-order valence-corrected chi connectivity index (χ1v) is 7.71. The second-order valence-corrected chi connectivity index (χ2v) is 5.82. The van der Waals surface area contributed by atoms with Gasteiger partial charge >= 0.3 is 5.97 Å². The van der Waals surface area contributed by atoms with Gasteiger partial charge in [0.2, 0.25) is 12.6 Å². The number of esters is 1. The van der Waals surface area contributed by atoms with Crippen molar-refractivity contribution >= 4 is 17.4 Å². The van der Waals surface area contributed by atoms with Crippen LogP contribution in [0.1, 0.15) is 32.1 Å². The topological polar surface area (TPSA) is 110 Å². The third kappa shape index (κ3) is 2.99. The summed E-state index contributed by atoms with van der Waals surface area (Å²) in [5, 5.41) is 11.2. The normalized spacial score (nSPS) is 12.1. The quantitative estimate of drug-likeness (QED) is 0.348. The van der Waals surface area contributed by atoms with E-state index in [1.807, 2.05) is 18.5 Å². The molecule has 0 saturated carbocycles. The van der Waals surface area contributed by atoms with E-state index in [1.54, 1.807) is 13.0 Å². The van der Waals surface area contributed by atoms with Gasteiger partial charge in [0, 0.05) is 30.1 Å². The van der Waals surface area contributed by atoms with Crippen LogP contribution >= 0.6 is 0 Å². The number of hydrogen-bond acceptors (Lipinski definition) is 7. The maximum Gasteiger partial charge on any atom is 0.345 e. The van der Waals surface area contributed by atoms with Crippen molar-refractivity contribution in [3.05, 3.63) is 50.8 Å². The number of rotatable bonds is 5. The van der Waals surface area contributed by atoms with Crippen LogP contribution in [0.4, 0.5) is 5.69 Å². The zero-order valence-corrected chi connectivity index (χ0v) is 14.4. The number of Topliss-reactive ketones (excluding diaryl/α,β-unsaturated/α-hetero) is 1. The molecular formula is C17H16N2O7. The number of nitrogens with zero attached hydrogens (tertiary/aromatic N) is 2. The zero-order chi connectivity index (χ0) is 19.0. The van der Waals surface area contributed by atoms with Crippen LogP contribution in [0.2, 0.25) is 0 Å². The Labute approximate surface area is 148 Å². The standard InChI is InChI=1S/C17H16N2O7/c1-9-4-11(10(2)18(9)3)14(20)7-24-17(21)12-5-15-16(26-8-25-15)6-13(12)19(22)23/h4-6H,7-8H2,1-3H3. The molecule has 0 spiro atoms. The van der Waals surface area contributed by atoms with Crippen molar-refractivity contribution in [3.63, 3.8) is 0 Å². The maximum absolute atomic E-state index is 12.3. The number of carbonyl (C=O) groups excluding carboxylic acids is 2. The van der Waals surface area contributed by atoms with E-state index in [0.717, 1.165) is 17.5 Å². The van der Waals surface area contributed by atoms with Crippen LogP contribution in [0.5, 0.6) is 11.5 Å². The Morgan fingerprint density at radius 1 is 1.19 bits per heavy atom. The predicted octanol–water partition coefficient (Wildman–Crippen LogP) is 2.32. The molecule has 0 N–H and O–H groups in total. The molecule has 136 valence electrons. The number of fused-ring (bicyclic) bond motifs is 1. The van der Waals surface area contributed by atoms with Gasteiger partial charge in [-0.3, -0.25) is 14.9 Å². The number of nitro groups is 1. The average molecular weight is 360 g/mol. The highest BCUT2D eigenvalue weighted by molar-refractivity contribution is 6.01. The Hall–Kier alpha value is -3.36. The lowest BCUT2D eigenvalue weighted by Gasteiger charge is -2.06. The van der Waals surface area contributed by atoms with E-state index in [4.69, 9.17) is 14.2 Å². The number of nitro benzene ring substituents is 1. The molecule has 2 aromatic rings. The minimum Gasteiger partial charge on any atom is -0.454 e. The highest BCUT2D eigenvalue weighted by Crippen LogP contribution is 2.38. The second-order valence-electron chi connectivity index (χ2n) is 5.82. The molecule has 1 aromatic carbocycles. The van der Waals surface area contributed by atoms with Crippen molar-refractivity contribution in [1.29, 1.82) is 0 Å². The summed E-state index contributed by atoms with van der Waals surface area (Å²) in [6.07, 6.45) is 0. The maximum atomic E-state index is 12.3. The Bertz CT molecular complexity index is 930. The van der Waals surface area contributed by atoms with E-state index in [1.165, 1.54) is 6.07 Å². The van der Waals surface area contributed by atoms with Gasteiger partial charge in [-0.25, -0.2) is 4.79 Å². The molecule has 0 atom stereocenters. The summed E-state index contributed by atoms with van der Waals surface area (Å²) in [5.74, 6) is -0.972. The molecule has 0 bridgehead atoms. The average Bonchev–Trinajstić information content (AvgIpc) is 3.17. The van der Waals surface area contributed by atoms with Crippen molar-refractivity contribution in [1.82, 2.24) is 4.57 Å². The summed E-state index contributed by atoms with van der Waals surface area (Å²) in [6, 6.07) is 3.99. The van der Waals surface area contributed by atoms with Gasteiger partial charge in [-0.15, -0.1) is 0 Å². The number of aryl methyl sites for hydroxylation is 1. The lowest BCUT2D eigenvalue weighted by Crippen LogP contribution is -2.16. The third-order valence-corrected chi connectivity index (χ3v) is 4.32. The number of carbonyl (C=O) groups is 2. The molecule has 0 fully saturated rings. The van der Waals surface area contributed by atoms with Crippen molar-refractivity contribution in [2.45, 2.75) is 13.8 Å². The van der Waals surface area contributed by atoms with Crippen LogP contribution < -0.4 is 9.47 Å². The summed E-state index contributed by atoms with van der Waals surface area (Å²) in [5.41, 5.74) is 1.31. The van der Waals surface area contributed by atoms with E-state index in [-0.39, 0.29) is 29.6 Å². The fourth-order valence-corrected chi connectivity index (χ4v) is 2.67. The van der Waals surface area contributed by atoms with Crippen molar-refractivity contribution < 1.29 is 28.7 Å². The minimum absolute atomic E-state index is 0.0872. The molecule has 2 heterocycles. The van der Waals surface area contributed by atoms with Gasteiger partial charge in [-0.05, 0) is 19.9 Å². The van der Waals surface area contributed by atoms with Crippen molar-refractivity contribution in [3.8, 4) is 11.5 Å². The fraction of sp³-hybridized carbons (Fsp3) is 0.294. The van der Waals surface area contributed by atoms with Crippen LogP contribution in [0, 0.1) is 24.0 Å². The number of ketones is 1. The van der Waals surface area contributed by atoms with E-state index in [9.17, 15) is 19.7 Å². The first-order chi connectivity index (χ1) is 12.3. The van der Waals surface area contributed by atoms with Gasteiger partial charge in [-0.1, -0.05) is 0 Å². The van der Waals surface area contributed by atoms with Gasteiger partial charge in [0.25, 0.3) is 5.69 Å². The molecular weight excluding hydrogens is 344 g/mol. The molecule has 1 aliphatic heterocycles. The number of ether oxygens (including phenoxy) is 3. The van der Waals surface area contributed by atoms with Crippen LogP contribution in [-0.2, 0) is 11.8 Å². The molecule has 1 aliphatic rings. The molecule has 0 radical (unpaired) electrons. The Morgan fingerprint density at radius 3 is 2.42 bits per heavy atom. The predicted molar refractivity (Wildman–Crippen MR) is 88.7 cm³/mol. The number of benzene rings is 1. The van der Waals surface area contributed by atoms with Gasteiger partial charge in [0.15, 0.2) is 18.1 Å². The van der Waals surface area contributed by atoms with Gasteiger partial charge in [-0.2, -0.15) is 0 Å². The highest BCUT2D eigenvalue weighted by atomic mass is 16.7. The number of aromatic nitrogens is 1.